The predicted molar refractivity (Wildman–Crippen MR) is 62.5 cm³/mol. The van der Waals surface area contributed by atoms with Crippen molar-refractivity contribution in [1.82, 2.24) is 4.98 Å². The Morgan fingerprint density at radius 2 is 1.84 bits per heavy atom. The van der Waals surface area contributed by atoms with Gasteiger partial charge in [-0.2, -0.15) is 13.2 Å². The third-order valence-corrected chi connectivity index (χ3v) is 4.35. The summed E-state index contributed by atoms with van der Waals surface area (Å²) >= 11 is 0. The van der Waals surface area contributed by atoms with Crippen LogP contribution in [-0.4, -0.2) is 10.8 Å². The summed E-state index contributed by atoms with van der Waals surface area (Å²) in [6.45, 7) is 0. The lowest BCUT2D eigenvalue weighted by atomic mass is 10.0. The average Bonchev–Trinajstić information content (AvgIpc) is 3.11. The molecule has 2 saturated carbocycles. The number of rotatable bonds is 2. The van der Waals surface area contributed by atoms with Crippen LogP contribution in [0.15, 0.2) is 18.5 Å². The van der Waals surface area contributed by atoms with E-state index in [1.54, 1.807) is 0 Å². The van der Waals surface area contributed by atoms with Gasteiger partial charge in [0, 0.05) is 23.9 Å². The molecule has 2 aliphatic carbocycles. The van der Waals surface area contributed by atoms with Crippen LogP contribution in [0.4, 0.5) is 13.2 Å². The number of carbonyl (C=O) groups is 1. The van der Waals surface area contributed by atoms with Crippen molar-refractivity contribution in [3.63, 3.8) is 0 Å². The smallest absolute Gasteiger partial charge is 0.294 e. The summed E-state index contributed by atoms with van der Waals surface area (Å²) in [5, 5.41) is 0. The molecule has 0 radical (unpaired) electrons. The Bertz CT molecular complexity index is 500. The molecule has 0 saturated heterocycles. The van der Waals surface area contributed by atoms with Crippen LogP contribution in [0.25, 0.3) is 0 Å². The maximum Gasteiger partial charge on any atom is 0.417 e. The van der Waals surface area contributed by atoms with Gasteiger partial charge in [-0.15, -0.1) is 0 Å². The quantitative estimate of drug-likeness (QED) is 0.766. The first-order valence-electron chi connectivity index (χ1n) is 6.55. The molecule has 2 unspecified atom stereocenters. The fraction of sp³-hybridized carbons (Fsp3) is 0.571. The van der Waals surface area contributed by atoms with E-state index in [1.165, 1.54) is 0 Å². The van der Waals surface area contributed by atoms with Gasteiger partial charge in [0.15, 0.2) is 5.78 Å². The SMILES string of the molecule is O=C(c1cnccc1C(F)(F)F)C1C2CCCCC21. The number of fused-ring (bicyclic) bond motifs is 1. The number of alkyl halides is 3. The van der Waals surface area contributed by atoms with Gasteiger partial charge in [-0.05, 0) is 30.7 Å². The molecule has 3 rings (SSSR count). The number of ketones is 1. The zero-order valence-corrected chi connectivity index (χ0v) is 10.3. The van der Waals surface area contributed by atoms with Crippen LogP contribution in [0, 0.1) is 17.8 Å². The maximum atomic E-state index is 12.9. The van der Waals surface area contributed by atoms with Gasteiger partial charge in [-0.3, -0.25) is 9.78 Å². The van der Waals surface area contributed by atoms with Gasteiger partial charge in [0.1, 0.15) is 0 Å². The highest BCUT2D eigenvalue weighted by Gasteiger charge is 2.55. The van der Waals surface area contributed by atoms with Gasteiger partial charge in [0.05, 0.1) is 5.56 Å². The Kier molecular flexibility index (Phi) is 2.87. The predicted octanol–water partition coefficient (Wildman–Crippen LogP) is 3.72. The summed E-state index contributed by atoms with van der Waals surface area (Å²) in [4.78, 5) is 16.0. The van der Waals surface area contributed by atoms with Crippen LogP contribution in [0.2, 0.25) is 0 Å². The van der Waals surface area contributed by atoms with Crippen LogP contribution in [0.3, 0.4) is 0 Å². The summed E-state index contributed by atoms with van der Waals surface area (Å²) < 4.78 is 38.6. The van der Waals surface area contributed by atoms with Crippen molar-refractivity contribution in [3.05, 3.63) is 29.6 Å². The highest BCUT2D eigenvalue weighted by atomic mass is 19.4. The second-order valence-corrected chi connectivity index (χ2v) is 5.42. The van der Waals surface area contributed by atoms with E-state index in [1.807, 2.05) is 0 Å². The fourth-order valence-corrected chi connectivity index (χ4v) is 3.40. The molecule has 2 nitrogen and oxygen atoms in total. The van der Waals surface area contributed by atoms with Crippen molar-refractivity contribution in [2.24, 2.45) is 17.8 Å². The van der Waals surface area contributed by atoms with Crippen LogP contribution >= 0.6 is 0 Å². The highest BCUT2D eigenvalue weighted by molar-refractivity contribution is 6.01. The number of Topliss-reactive ketones (excluding diaryl/α,β-unsaturated/α-hetero) is 1. The lowest BCUT2D eigenvalue weighted by Gasteiger charge is -2.11. The standard InChI is InChI=1S/C14H14F3NO/c15-14(16,17)11-5-6-18-7-10(11)13(19)12-8-3-1-2-4-9(8)12/h5-9,12H,1-4H2. The van der Waals surface area contributed by atoms with Crippen molar-refractivity contribution in [3.8, 4) is 0 Å². The Hall–Kier alpha value is -1.39. The number of pyridine rings is 1. The van der Waals surface area contributed by atoms with E-state index in [9.17, 15) is 18.0 Å². The molecular formula is C14H14F3NO. The van der Waals surface area contributed by atoms with Crippen molar-refractivity contribution in [2.45, 2.75) is 31.9 Å². The minimum absolute atomic E-state index is 0.201. The average molecular weight is 269 g/mol. The molecule has 0 amide bonds. The second-order valence-electron chi connectivity index (χ2n) is 5.42. The minimum atomic E-state index is -4.49. The van der Waals surface area contributed by atoms with Crippen molar-refractivity contribution < 1.29 is 18.0 Å². The van der Waals surface area contributed by atoms with Crippen LogP contribution in [-0.2, 0) is 6.18 Å². The van der Waals surface area contributed by atoms with E-state index >= 15 is 0 Å². The lowest BCUT2D eigenvalue weighted by Crippen LogP contribution is -2.15. The number of hydrogen-bond acceptors (Lipinski definition) is 2. The van der Waals surface area contributed by atoms with Crippen LogP contribution in [0.5, 0.6) is 0 Å². The van der Waals surface area contributed by atoms with E-state index in [4.69, 9.17) is 0 Å². The molecule has 0 bridgehead atoms. The van der Waals surface area contributed by atoms with E-state index in [0.717, 1.165) is 44.1 Å². The monoisotopic (exact) mass is 269 g/mol. The van der Waals surface area contributed by atoms with E-state index in [2.05, 4.69) is 4.98 Å². The van der Waals surface area contributed by atoms with Gasteiger partial charge in [-0.1, -0.05) is 12.8 Å². The lowest BCUT2D eigenvalue weighted by molar-refractivity contribution is -0.138. The zero-order chi connectivity index (χ0) is 13.6. The first kappa shape index (κ1) is 12.6. The molecule has 2 aliphatic rings. The molecule has 1 aromatic rings. The zero-order valence-electron chi connectivity index (χ0n) is 10.3. The molecule has 0 spiro atoms. The summed E-state index contributed by atoms with van der Waals surface area (Å²) in [5.74, 6) is 0.0511. The van der Waals surface area contributed by atoms with E-state index < -0.39 is 11.7 Å². The fourth-order valence-electron chi connectivity index (χ4n) is 3.40. The maximum absolute atomic E-state index is 12.9. The second kappa shape index (κ2) is 4.32. The molecule has 0 N–H and O–H groups in total. The molecule has 1 heterocycles. The van der Waals surface area contributed by atoms with Crippen molar-refractivity contribution in [1.29, 1.82) is 0 Å². The molecule has 102 valence electrons. The molecule has 5 heteroatoms. The van der Waals surface area contributed by atoms with Gasteiger partial charge in [-0.25, -0.2) is 0 Å². The van der Waals surface area contributed by atoms with Gasteiger partial charge >= 0.3 is 6.18 Å². The number of nitrogens with zero attached hydrogens (tertiary/aromatic N) is 1. The summed E-state index contributed by atoms with van der Waals surface area (Å²) in [5.41, 5.74) is -1.11. The Balaban J connectivity index is 1.89. The molecular weight excluding hydrogens is 255 g/mol. The highest BCUT2D eigenvalue weighted by Crippen LogP contribution is 2.56. The summed E-state index contributed by atoms with van der Waals surface area (Å²) in [6, 6.07) is 0.888. The van der Waals surface area contributed by atoms with Crippen molar-refractivity contribution >= 4 is 5.78 Å². The first-order valence-corrected chi connectivity index (χ1v) is 6.55. The normalized spacial score (nSPS) is 29.7. The molecule has 19 heavy (non-hydrogen) atoms. The number of carbonyl (C=O) groups excluding carboxylic acids is 1. The Morgan fingerprint density at radius 3 is 2.42 bits per heavy atom. The molecule has 0 aliphatic heterocycles. The summed E-state index contributed by atoms with van der Waals surface area (Å²) in [7, 11) is 0. The van der Waals surface area contributed by atoms with Gasteiger partial charge < -0.3 is 0 Å². The molecule has 2 fully saturated rings. The van der Waals surface area contributed by atoms with Gasteiger partial charge in [0.25, 0.3) is 0 Å². The third kappa shape index (κ3) is 2.15. The van der Waals surface area contributed by atoms with Crippen LogP contribution < -0.4 is 0 Å². The Morgan fingerprint density at radius 1 is 1.21 bits per heavy atom. The van der Waals surface area contributed by atoms with E-state index in [-0.39, 0.29) is 17.3 Å². The number of halogens is 3. The van der Waals surface area contributed by atoms with E-state index in [0.29, 0.717) is 11.8 Å². The first-order chi connectivity index (χ1) is 9.00. The van der Waals surface area contributed by atoms with Gasteiger partial charge in [0.2, 0.25) is 0 Å². The van der Waals surface area contributed by atoms with Crippen LogP contribution in [0.1, 0.15) is 41.6 Å². The largest absolute Gasteiger partial charge is 0.417 e. The number of aromatic nitrogens is 1. The molecule has 2 atom stereocenters. The Labute approximate surface area is 109 Å². The molecule has 0 aromatic carbocycles. The number of hydrogen-bond donors (Lipinski definition) is 0. The third-order valence-electron chi connectivity index (χ3n) is 4.35. The topological polar surface area (TPSA) is 30.0 Å². The van der Waals surface area contributed by atoms with Crippen molar-refractivity contribution in [2.75, 3.05) is 0 Å². The molecule has 1 aromatic heterocycles. The summed E-state index contributed by atoms with van der Waals surface area (Å²) in [6.07, 6.45) is 1.78. The minimum Gasteiger partial charge on any atom is -0.294 e.